The molecular weight excluding hydrogens is 152 g/mol. The van der Waals surface area contributed by atoms with Crippen molar-refractivity contribution in [3.8, 4) is 6.07 Å². The van der Waals surface area contributed by atoms with Gasteiger partial charge in [0.25, 0.3) is 0 Å². The molecule has 0 saturated heterocycles. The number of nitriles is 1. The van der Waals surface area contributed by atoms with E-state index in [1.54, 1.807) is 6.26 Å². The first-order chi connectivity index (χ1) is 5.66. The molecule has 0 fully saturated rings. The Hall–Kier alpha value is -1.27. The van der Waals surface area contributed by atoms with E-state index in [1.807, 2.05) is 19.9 Å². The summed E-state index contributed by atoms with van der Waals surface area (Å²) < 4.78 is 4.91. The second-order valence-corrected chi connectivity index (χ2v) is 3.12. The maximum atomic E-state index is 8.67. The Balaban J connectivity index is 2.95. The van der Waals surface area contributed by atoms with Gasteiger partial charge in [-0.15, -0.1) is 0 Å². The van der Waals surface area contributed by atoms with Gasteiger partial charge in [-0.2, -0.15) is 5.26 Å². The summed E-state index contributed by atoms with van der Waals surface area (Å²) in [5.74, 6) is 0.315. The lowest BCUT2D eigenvalue weighted by molar-refractivity contribution is 0.500. The smallest absolute Gasteiger partial charge is 0.108 e. The molecule has 2 N–H and O–H groups in total. The van der Waals surface area contributed by atoms with E-state index in [0.717, 1.165) is 5.56 Å². The normalized spacial score (nSPS) is 12.9. The second-order valence-electron chi connectivity index (χ2n) is 3.12. The fraction of sp³-hybridized carbons (Fsp3) is 0.444. The minimum atomic E-state index is -0.113. The summed E-state index contributed by atoms with van der Waals surface area (Å²) in [7, 11) is 0. The van der Waals surface area contributed by atoms with Gasteiger partial charge in [-0.25, -0.2) is 0 Å². The molecular formula is C9H12N2O. The van der Waals surface area contributed by atoms with E-state index in [0.29, 0.717) is 11.5 Å². The van der Waals surface area contributed by atoms with Crippen LogP contribution >= 0.6 is 0 Å². The van der Waals surface area contributed by atoms with Gasteiger partial charge < -0.3 is 10.2 Å². The lowest BCUT2D eigenvalue weighted by Crippen LogP contribution is -2.16. The highest BCUT2D eigenvalue weighted by Crippen LogP contribution is 2.22. The summed E-state index contributed by atoms with van der Waals surface area (Å²) >= 11 is 0. The van der Waals surface area contributed by atoms with Gasteiger partial charge in [0.15, 0.2) is 0 Å². The van der Waals surface area contributed by atoms with E-state index in [2.05, 4.69) is 0 Å². The first-order valence-electron chi connectivity index (χ1n) is 3.88. The van der Waals surface area contributed by atoms with Crippen LogP contribution in [0, 0.1) is 17.2 Å². The Morgan fingerprint density at radius 2 is 2.17 bits per heavy atom. The molecule has 3 heteroatoms. The largest absolute Gasteiger partial charge is 0.471 e. The molecule has 0 bridgehead atoms. The van der Waals surface area contributed by atoms with Crippen LogP contribution in [0.4, 0.5) is 0 Å². The van der Waals surface area contributed by atoms with Crippen molar-refractivity contribution in [3.63, 3.8) is 0 Å². The third kappa shape index (κ3) is 1.49. The van der Waals surface area contributed by atoms with Gasteiger partial charge in [0.2, 0.25) is 0 Å². The standard InChI is InChI=1S/C9H12N2O/c1-6(2)9(11)8-5-12-4-7(8)3-10/h4-6,9H,11H2,1-2H3/t9-/m0/s1. The molecule has 1 atom stereocenters. The molecule has 64 valence electrons. The summed E-state index contributed by atoms with van der Waals surface area (Å²) in [5, 5.41) is 8.67. The highest BCUT2D eigenvalue weighted by atomic mass is 16.3. The van der Waals surface area contributed by atoms with Crippen LogP contribution in [-0.2, 0) is 0 Å². The van der Waals surface area contributed by atoms with Gasteiger partial charge in [0, 0.05) is 11.6 Å². The molecule has 0 radical (unpaired) electrons. The summed E-state index contributed by atoms with van der Waals surface area (Å²) in [6.45, 7) is 4.03. The van der Waals surface area contributed by atoms with Crippen LogP contribution in [-0.4, -0.2) is 0 Å². The van der Waals surface area contributed by atoms with Gasteiger partial charge in [0.1, 0.15) is 12.3 Å². The predicted molar refractivity (Wildman–Crippen MR) is 45.2 cm³/mol. The van der Waals surface area contributed by atoms with Gasteiger partial charge in [-0.3, -0.25) is 0 Å². The van der Waals surface area contributed by atoms with Crippen molar-refractivity contribution < 1.29 is 4.42 Å². The number of nitrogens with zero attached hydrogens (tertiary/aromatic N) is 1. The van der Waals surface area contributed by atoms with Crippen molar-refractivity contribution in [2.45, 2.75) is 19.9 Å². The van der Waals surface area contributed by atoms with E-state index in [4.69, 9.17) is 15.4 Å². The van der Waals surface area contributed by atoms with Gasteiger partial charge in [0.05, 0.1) is 11.8 Å². The predicted octanol–water partition coefficient (Wildman–Crippen LogP) is 1.81. The van der Waals surface area contributed by atoms with Crippen LogP contribution in [0.1, 0.15) is 31.0 Å². The zero-order valence-electron chi connectivity index (χ0n) is 7.24. The first-order valence-corrected chi connectivity index (χ1v) is 3.88. The molecule has 1 aromatic heterocycles. The Bertz CT molecular complexity index is 296. The van der Waals surface area contributed by atoms with E-state index >= 15 is 0 Å². The summed E-state index contributed by atoms with van der Waals surface area (Å²) in [6.07, 6.45) is 2.97. The minimum absolute atomic E-state index is 0.113. The molecule has 0 saturated carbocycles. The molecule has 0 aliphatic rings. The number of hydrogen-bond donors (Lipinski definition) is 1. The first kappa shape index (κ1) is 8.82. The fourth-order valence-electron chi connectivity index (χ4n) is 1.02. The number of nitrogens with two attached hydrogens (primary N) is 1. The van der Waals surface area contributed by atoms with Crippen molar-refractivity contribution in [1.29, 1.82) is 5.26 Å². The molecule has 12 heavy (non-hydrogen) atoms. The third-order valence-corrected chi connectivity index (χ3v) is 1.89. The summed E-state index contributed by atoms with van der Waals surface area (Å²) in [5.41, 5.74) is 7.18. The quantitative estimate of drug-likeness (QED) is 0.725. The van der Waals surface area contributed by atoms with Crippen molar-refractivity contribution in [3.05, 3.63) is 23.7 Å². The van der Waals surface area contributed by atoms with E-state index in [1.165, 1.54) is 6.26 Å². The van der Waals surface area contributed by atoms with E-state index < -0.39 is 0 Å². The van der Waals surface area contributed by atoms with E-state index in [-0.39, 0.29) is 6.04 Å². The van der Waals surface area contributed by atoms with Gasteiger partial charge in [-0.05, 0) is 5.92 Å². The number of rotatable bonds is 2. The zero-order chi connectivity index (χ0) is 9.14. The summed E-state index contributed by atoms with van der Waals surface area (Å²) in [4.78, 5) is 0. The number of furan rings is 1. The average Bonchev–Trinajstić information content (AvgIpc) is 2.49. The minimum Gasteiger partial charge on any atom is -0.471 e. The van der Waals surface area contributed by atoms with E-state index in [9.17, 15) is 0 Å². The van der Waals surface area contributed by atoms with Crippen LogP contribution in [0.5, 0.6) is 0 Å². The average molecular weight is 164 g/mol. The maximum absolute atomic E-state index is 8.67. The van der Waals surface area contributed by atoms with Crippen molar-refractivity contribution in [2.75, 3.05) is 0 Å². The molecule has 0 aliphatic heterocycles. The molecule has 0 spiro atoms. The Labute approximate surface area is 71.8 Å². The maximum Gasteiger partial charge on any atom is 0.108 e. The highest BCUT2D eigenvalue weighted by Gasteiger charge is 2.15. The van der Waals surface area contributed by atoms with Crippen molar-refractivity contribution in [2.24, 2.45) is 11.7 Å². The second kappa shape index (κ2) is 3.42. The third-order valence-electron chi connectivity index (χ3n) is 1.89. The monoisotopic (exact) mass is 164 g/mol. The van der Waals surface area contributed by atoms with Crippen LogP contribution in [0.2, 0.25) is 0 Å². The Morgan fingerprint density at radius 3 is 2.67 bits per heavy atom. The molecule has 0 amide bonds. The molecule has 1 aromatic rings. The van der Waals surface area contributed by atoms with Crippen LogP contribution in [0.25, 0.3) is 0 Å². The molecule has 1 heterocycles. The van der Waals surface area contributed by atoms with Gasteiger partial charge >= 0.3 is 0 Å². The van der Waals surface area contributed by atoms with Crippen LogP contribution in [0.15, 0.2) is 16.9 Å². The van der Waals surface area contributed by atoms with Crippen molar-refractivity contribution in [1.82, 2.24) is 0 Å². The summed E-state index contributed by atoms with van der Waals surface area (Å²) in [6, 6.07) is 1.92. The molecule has 1 rings (SSSR count). The molecule has 0 aliphatic carbocycles. The van der Waals surface area contributed by atoms with Gasteiger partial charge in [-0.1, -0.05) is 13.8 Å². The molecule has 3 nitrogen and oxygen atoms in total. The lowest BCUT2D eigenvalue weighted by Gasteiger charge is -2.13. The topological polar surface area (TPSA) is 62.9 Å². The van der Waals surface area contributed by atoms with Crippen molar-refractivity contribution >= 4 is 0 Å². The van der Waals surface area contributed by atoms with Crippen LogP contribution < -0.4 is 5.73 Å². The fourth-order valence-corrected chi connectivity index (χ4v) is 1.02. The van der Waals surface area contributed by atoms with Crippen LogP contribution in [0.3, 0.4) is 0 Å². The number of hydrogen-bond acceptors (Lipinski definition) is 3. The highest BCUT2D eigenvalue weighted by molar-refractivity contribution is 5.35. The SMILES string of the molecule is CC(C)[C@H](N)c1cocc1C#N. The Kier molecular flexibility index (Phi) is 2.51. The lowest BCUT2D eigenvalue weighted by atomic mass is 9.97. The molecule has 0 aromatic carbocycles. The molecule has 0 unspecified atom stereocenters. The zero-order valence-corrected chi connectivity index (χ0v) is 7.24. The Morgan fingerprint density at radius 1 is 1.50 bits per heavy atom.